The maximum absolute atomic E-state index is 12.5. The number of benzene rings is 1. The Morgan fingerprint density at radius 3 is 2.83 bits per heavy atom. The monoisotopic (exact) mass is 478 g/mol. The average Bonchev–Trinajstić information content (AvgIpc) is 3.49. The zero-order valence-electron chi connectivity index (χ0n) is 19.3. The third kappa shape index (κ3) is 5.08. The number of nitrogens with one attached hydrogen (secondary N) is 1. The van der Waals surface area contributed by atoms with E-state index in [1.165, 1.54) is 17.1 Å². The maximum Gasteiger partial charge on any atom is 0.338 e. The fraction of sp³-hybridized carbons (Fsp3) is 0.348. The number of carbonyl (C=O) groups is 1. The van der Waals surface area contributed by atoms with Gasteiger partial charge in [-0.05, 0) is 24.7 Å². The predicted molar refractivity (Wildman–Crippen MR) is 127 cm³/mol. The van der Waals surface area contributed by atoms with E-state index >= 15 is 0 Å². The smallest absolute Gasteiger partial charge is 0.338 e. The number of hydrogen-bond donors (Lipinski definition) is 2. The normalized spacial score (nSPS) is 15.0. The minimum Gasteiger partial charge on any atom is -0.492 e. The highest BCUT2D eigenvalue weighted by Gasteiger charge is 2.15. The van der Waals surface area contributed by atoms with Crippen LogP contribution < -0.4 is 10.3 Å². The Labute approximate surface area is 200 Å². The first-order chi connectivity index (χ1) is 17.0. The van der Waals surface area contributed by atoms with Crippen LogP contribution in [0.1, 0.15) is 15.9 Å². The Morgan fingerprint density at radius 1 is 1.23 bits per heavy atom. The van der Waals surface area contributed by atoms with Gasteiger partial charge in [0.1, 0.15) is 12.4 Å². The van der Waals surface area contributed by atoms with Crippen molar-refractivity contribution in [2.45, 2.75) is 6.54 Å². The van der Waals surface area contributed by atoms with Gasteiger partial charge in [0, 0.05) is 38.9 Å². The molecule has 0 unspecified atom stereocenters. The molecule has 0 spiro atoms. The minimum atomic E-state index is -1.12. The number of piperazine rings is 1. The quantitative estimate of drug-likeness (QED) is 0.375. The van der Waals surface area contributed by atoms with Gasteiger partial charge in [-0.1, -0.05) is 12.1 Å². The lowest BCUT2D eigenvalue weighted by atomic mass is 10.2. The lowest BCUT2D eigenvalue weighted by Gasteiger charge is -2.32. The molecule has 4 heterocycles. The SMILES string of the molecule is CN1CCN(CCOc2cccc(Cn3cnc4c(=O)[nH]c(-n5cc(C(=O)O)cn5)nc43)c2)CC1. The van der Waals surface area contributed by atoms with Crippen molar-refractivity contribution in [1.29, 1.82) is 0 Å². The number of carboxylic acid groups (broad SMARTS) is 1. The molecule has 0 atom stereocenters. The number of rotatable bonds is 8. The molecule has 1 fully saturated rings. The molecule has 0 saturated carbocycles. The summed E-state index contributed by atoms with van der Waals surface area (Å²) in [5.74, 6) is -0.224. The van der Waals surface area contributed by atoms with Crippen molar-refractivity contribution in [2.75, 3.05) is 46.4 Å². The van der Waals surface area contributed by atoms with Gasteiger partial charge >= 0.3 is 5.97 Å². The van der Waals surface area contributed by atoms with Crippen LogP contribution >= 0.6 is 0 Å². The number of aromatic carboxylic acids is 1. The Kier molecular flexibility index (Phi) is 6.29. The van der Waals surface area contributed by atoms with Gasteiger partial charge in [-0.15, -0.1) is 0 Å². The lowest BCUT2D eigenvalue weighted by Crippen LogP contribution is -2.45. The van der Waals surface area contributed by atoms with Gasteiger partial charge in [-0.3, -0.25) is 14.7 Å². The Balaban J connectivity index is 1.30. The second-order valence-electron chi connectivity index (χ2n) is 8.55. The standard InChI is InChI=1S/C23H26N8O4/c1-28-5-7-29(8-6-28)9-10-35-18-4-2-3-16(11-18)13-30-15-24-19-20(30)26-23(27-21(19)32)31-14-17(12-25-31)22(33)34/h2-4,11-12,14-15H,5-10,13H2,1H3,(H,33,34)(H,26,27,32). The van der Waals surface area contributed by atoms with E-state index < -0.39 is 11.5 Å². The van der Waals surface area contributed by atoms with Gasteiger partial charge in [0.15, 0.2) is 11.2 Å². The van der Waals surface area contributed by atoms with E-state index in [0.29, 0.717) is 18.8 Å². The fourth-order valence-corrected chi connectivity index (χ4v) is 4.01. The molecular weight excluding hydrogens is 452 g/mol. The number of H-pyrrole nitrogens is 1. The number of aromatic nitrogens is 6. The molecule has 1 saturated heterocycles. The van der Waals surface area contributed by atoms with E-state index in [1.807, 2.05) is 24.3 Å². The molecule has 4 aromatic rings. The highest BCUT2D eigenvalue weighted by Crippen LogP contribution is 2.17. The van der Waals surface area contributed by atoms with Gasteiger partial charge < -0.3 is 19.3 Å². The van der Waals surface area contributed by atoms with Gasteiger partial charge in [-0.25, -0.2) is 14.5 Å². The van der Waals surface area contributed by atoms with E-state index in [2.05, 4.69) is 36.9 Å². The molecule has 0 aliphatic carbocycles. The summed E-state index contributed by atoms with van der Waals surface area (Å²) in [6, 6.07) is 7.80. The van der Waals surface area contributed by atoms with Crippen LogP contribution in [0, 0.1) is 0 Å². The van der Waals surface area contributed by atoms with Crippen molar-refractivity contribution in [3.63, 3.8) is 0 Å². The van der Waals surface area contributed by atoms with Crippen LogP contribution in [0.4, 0.5) is 0 Å². The summed E-state index contributed by atoms with van der Waals surface area (Å²) in [5, 5.41) is 13.1. The second kappa shape index (κ2) is 9.68. The van der Waals surface area contributed by atoms with E-state index in [9.17, 15) is 9.59 Å². The number of hydrogen-bond acceptors (Lipinski definition) is 8. The van der Waals surface area contributed by atoms with E-state index in [0.717, 1.165) is 44.0 Å². The summed E-state index contributed by atoms with van der Waals surface area (Å²) >= 11 is 0. The molecule has 5 rings (SSSR count). The van der Waals surface area contributed by atoms with E-state index in [1.54, 1.807) is 10.9 Å². The molecule has 3 aromatic heterocycles. The van der Waals surface area contributed by atoms with E-state index in [-0.39, 0.29) is 17.0 Å². The summed E-state index contributed by atoms with van der Waals surface area (Å²) in [5.41, 5.74) is 1.09. The van der Waals surface area contributed by atoms with Crippen molar-refractivity contribution >= 4 is 17.1 Å². The molecule has 182 valence electrons. The highest BCUT2D eigenvalue weighted by atomic mass is 16.5. The first-order valence-electron chi connectivity index (χ1n) is 11.3. The summed E-state index contributed by atoms with van der Waals surface area (Å²) in [4.78, 5) is 39.7. The molecule has 0 radical (unpaired) electrons. The van der Waals surface area contributed by atoms with Crippen molar-refractivity contribution in [1.82, 2.24) is 39.1 Å². The Morgan fingerprint density at radius 2 is 2.06 bits per heavy atom. The molecule has 35 heavy (non-hydrogen) atoms. The second-order valence-corrected chi connectivity index (χ2v) is 8.55. The van der Waals surface area contributed by atoms with Crippen LogP contribution in [-0.2, 0) is 6.54 Å². The molecule has 12 heteroatoms. The minimum absolute atomic E-state index is 0.00862. The molecule has 0 bridgehead atoms. The Hall–Kier alpha value is -4.03. The number of aromatic amines is 1. The molecule has 1 aliphatic rings. The first kappa shape index (κ1) is 22.7. The number of carboxylic acids is 1. The van der Waals surface area contributed by atoms with Crippen molar-refractivity contribution in [3.05, 3.63) is 64.5 Å². The molecule has 2 N–H and O–H groups in total. The maximum atomic E-state index is 12.5. The number of ether oxygens (including phenoxy) is 1. The van der Waals surface area contributed by atoms with Crippen LogP contribution in [0.5, 0.6) is 5.75 Å². The number of imidazole rings is 1. The molecule has 12 nitrogen and oxygen atoms in total. The topological polar surface area (TPSA) is 134 Å². The molecule has 1 aliphatic heterocycles. The van der Waals surface area contributed by atoms with Gasteiger partial charge in [0.2, 0.25) is 5.95 Å². The summed E-state index contributed by atoms with van der Waals surface area (Å²) < 4.78 is 8.97. The predicted octanol–water partition coefficient (Wildman–Crippen LogP) is 0.678. The number of fused-ring (bicyclic) bond motifs is 1. The summed E-state index contributed by atoms with van der Waals surface area (Å²) in [6.07, 6.45) is 4.04. The van der Waals surface area contributed by atoms with Crippen molar-refractivity contribution in [3.8, 4) is 11.7 Å². The lowest BCUT2D eigenvalue weighted by molar-refractivity contribution is 0.0697. The highest BCUT2D eigenvalue weighted by molar-refractivity contribution is 5.86. The van der Waals surface area contributed by atoms with Gasteiger partial charge in [0.25, 0.3) is 5.56 Å². The average molecular weight is 479 g/mol. The van der Waals surface area contributed by atoms with Crippen LogP contribution in [0.2, 0.25) is 0 Å². The van der Waals surface area contributed by atoms with Crippen LogP contribution in [0.15, 0.2) is 47.8 Å². The van der Waals surface area contributed by atoms with Gasteiger partial charge in [-0.2, -0.15) is 10.1 Å². The van der Waals surface area contributed by atoms with Crippen molar-refractivity contribution < 1.29 is 14.6 Å². The van der Waals surface area contributed by atoms with Crippen LogP contribution in [0.3, 0.4) is 0 Å². The third-order valence-corrected chi connectivity index (χ3v) is 6.03. The largest absolute Gasteiger partial charge is 0.492 e. The summed E-state index contributed by atoms with van der Waals surface area (Å²) in [6.45, 7) is 6.19. The fourth-order valence-electron chi connectivity index (χ4n) is 4.01. The van der Waals surface area contributed by atoms with Gasteiger partial charge in [0.05, 0.1) is 24.6 Å². The zero-order chi connectivity index (χ0) is 24.4. The van der Waals surface area contributed by atoms with Crippen molar-refractivity contribution in [2.24, 2.45) is 0 Å². The van der Waals surface area contributed by atoms with Crippen LogP contribution in [-0.4, -0.2) is 96.6 Å². The third-order valence-electron chi connectivity index (χ3n) is 6.03. The zero-order valence-corrected chi connectivity index (χ0v) is 19.3. The Bertz CT molecular complexity index is 1400. The number of likely N-dealkylation sites (N-methyl/N-ethyl adjacent to an activating group) is 1. The van der Waals surface area contributed by atoms with E-state index in [4.69, 9.17) is 9.84 Å². The molecule has 1 aromatic carbocycles. The summed E-state index contributed by atoms with van der Waals surface area (Å²) in [7, 11) is 2.14. The molecule has 0 amide bonds. The number of nitrogens with zero attached hydrogens (tertiary/aromatic N) is 7. The van der Waals surface area contributed by atoms with Crippen LogP contribution in [0.25, 0.3) is 17.1 Å². The molecular formula is C23H26N8O4. The first-order valence-corrected chi connectivity index (χ1v) is 11.3.